The first-order chi connectivity index (χ1) is 11.2. The predicted molar refractivity (Wildman–Crippen MR) is 87.0 cm³/mol. The fraction of sp³-hybridized carbons (Fsp3) is 0.176. The van der Waals surface area contributed by atoms with Crippen LogP contribution in [0.2, 0.25) is 0 Å². The number of benzene rings is 1. The van der Waals surface area contributed by atoms with E-state index in [0.29, 0.717) is 17.4 Å². The summed E-state index contributed by atoms with van der Waals surface area (Å²) in [6.07, 6.45) is 5.57. The van der Waals surface area contributed by atoms with Crippen LogP contribution in [0.15, 0.2) is 59.9 Å². The normalized spacial score (nSPS) is 10.6. The molecule has 116 valence electrons. The number of fused-ring (bicyclic) bond motifs is 1. The van der Waals surface area contributed by atoms with Crippen molar-refractivity contribution in [2.24, 2.45) is 0 Å². The van der Waals surface area contributed by atoms with E-state index in [9.17, 15) is 9.59 Å². The fourth-order valence-electron chi connectivity index (χ4n) is 2.33. The van der Waals surface area contributed by atoms with E-state index in [1.807, 2.05) is 18.2 Å². The molecule has 0 aliphatic carbocycles. The molecular weight excluding hydrogens is 292 g/mol. The maximum absolute atomic E-state index is 12.3. The smallest absolute Gasteiger partial charge is 0.261 e. The van der Waals surface area contributed by atoms with E-state index in [0.717, 1.165) is 12.0 Å². The van der Waals surface area contributed by atoms with Gasteiger partial charge < -0.3 is 5.32 Å². The van der Waals surface area contributed by atoms with E-state index in [1.54, 1.807) is 30.6 Å². The molecule has 0 spiro atoms. The monoisotopic (exact) mass is 308 g/mol. The minimum absolute atomic E-state index is 0.0347. The summed E-state index contributed by atoms with van der Waals surface area (Å²) in [4.78, 5) is 32.4. The molecule has 0 unspecified atom stereocenters. The quantitative estimate of drug-likeness (QED) is 0.767. The number of nitrogens with zero attached hydrogens (tertiary/aromatic N) is 3. The number of carbonyl (C=O) groups is 1. The highest BCUT2D eigenvalue weighted by atomic mass is 16.2. The Hall–Kier alpha value is -3.02. The van der Waals surface area contributed by atoms with Gasteiger partial charge in [-0.15, -0.1) is 0 Å². The van der Waals surface area contributed by atoms with Gasteiger partial charge in [0.1, 0.15) is 6.54 Å². The van der Waals surface area contributed by atoms with Gasteiger partial charge in [0.2, 0.25) is 5.91 Å². The largest absolute Gasteiger partial charge is 0.354 e. The summed E-state index contributed by atoms with van der Waals surface area (Å²) in [5.41, 5.74) is 1.52. The maximum Gasteiger partial charge on any atom is 0.261 e. The van der Waals surface area contributed by atoms with Gasteiger partial charge in [0, 0.05) is 18.9 Å². The summed E-state index contributed by atoms with van der Waals surface area (Å²) in [7, 11) is 0. The first kappa shape index (κ1) is 14.9. The Balaban J connectivity index is 1.62. The second-order valence-corrected chi connectivity index (χ2v) is 5.15. The van der Waals surface area contributed by atoms with Gasteiger partial charge in [0.05, 0.1) is 17.2 Å². The van der Waals surface area contributed by atoms with Crippen molar-refractivity contribution in [2.75, 3.05) is 6.54 Å². The Morgan fingerprint density at radius 3 is 2.74 bits per heavy atom. The van der Waals surface area contributed by atoms with Crippen molar-refractivity contribution < 1.29 is 4.79 Å². The molecule has 0 aliphatic heterocycles. The number of rotatable bonds is 5. The molecule has 2 heterocycles. The van der Waals surface area contributed by atoms with Gasteiger partial charge in [-0.05, 0) is 36.2 Å². The number of carbonyl (C=O) groups excluding carboxylic acids is 1. The molecule has 0 fully saturated rings. The number of aromatic nitrogens is 3. The molecule has 0 saturated carbocycles. The lowest BCUT2D eigenvalue weighted by molar-refractivity contribution is -0.121. The van der Waals surface area contributed by atoms with Gasteiger partial charge in [0.15, 0.2) is 0 Å². The van der Waals surface area contributed by atoms with Crippen molar-refractivity contribution in [1.29, 1.82) is 0 Å². The van der Waals surface area contributed by atoms with Crippen molar-refractivity contribution in [1.82, 2.24) is 19.9 Å². The zero-order valence-electron chi connectivity index (χ0n) is 12.5. The second-order valence-electron chi connectivity index (χ2n) is 5.15. The molecule has 2 aromatic heterocycles. The standard InChI is InChI=1S/C17H16N4O2/c22-16(19-10-7-13-5-8-18-9-6-13)11-21-12-20-15-4-2-1-3-14(15)17(21)23/h1-6,8-9,12H,7,10-11H2,(H,19,22). The minimum atomic E-state index is -0.210. The Morgan fingerprint density at radius 1 is 1.13 bits per heavy atom. The van der Waals surface area contributed by atoms with Crippen LogP contribution in [0.4, 0.5) is 0 Å². The summed E-state index contributed by atoms with van der Waals surface area (Å²) in [5, 5.41) is 3.32. The van der Waals surface area contributed by atoms with Crippen LogP contribution in [0, 0.1) is 0 Å². The van der Waals surface area contributed by atoms with Crippen molar-refractivity contribution in [3.8, 4) is 0 Å². The van der Waals surface area contributed by atoms with Crippen LogP contribution in [0.1, 0.15) is 5.56 Å². The Kier molecular flexibility index (Phi) is 4.42. The highest BCUT2D eigenvalue weighted by Gasteiger charge is 2.07. The Bertz CT molecular complexity index is 874. The lowest BCUT2D eigenvalue weighted by Gasteiger charge is -2.08. The average molecular weight is 308 g/mol. The van der Waals surface area contributed by atoms with Crippen LogP contribution in [-0.2, 0) is 17.8 Å². The van der Waals surface area contributed by atoms with Crippen LogP contribution >= 0.6 is 0 Å². The predicted octanol–water partition coefficient (Wildman–Crippen LogP) is 1.15. The average Bonchev–Trinajstić information content (AvgIpc) is 2.59. The van der Waals surface area contributed by atoms with E-state index in [1.165, 1.54) is 10.9 Å². The summed E-state index contributed by atoms with van der Waals surface area (Å²) in [6.45, 7) is 0.478. The summed E-state index contributed by atoms with van der Waals surface area (Å²) in [6, 6.07) is 10.9. The van der Waals surface area contributed by atoms with Crippen molar-refractivity contribution >= 4 is 16.8 Å². The van der Waals surface area contributed by atoms with Crippen molar-refractivity contribution in [3.05, 3.63) is 71.0 Å². The zero-order valence-corrected chi connectivity index (χ0v) is 12.5. The van der Waals surface area contributed by atoms with Crippen molar-refractivity contribution in [3.63, 3.8) is 0 Å². The number of hydrogen-bond acceptors (Lipinski definition) is 4. The van der Waals surface area contributed by atoms with Crippen LogP contribution in [0.25, 0.3) is 10.9 Å². The van der Waals surface area contributed by atoms with Crippen molar-refractivity contribution in [2.45, 2.75) is 13.0 Å². The summed E-state index contributed by atoms with van der Waals surface area (Å²) < 4.78 is 1.32. The SMILES string of the molecule is O=C(Cn1cnc2ccccc2c1=O)NCCc1ccncc1. The summed E-state index contributed by atoms with van der Waals surface area (Å²) in [5.74, 6) is -0.210. The number of amides is 1. The van der Waals surface area contributed by atoms with Gasteiger partial charge in [0.25, 0.3) is 5.56 Å². The van der Waals surface area contributed by atoms with Crippen LogP contribution in [0.5, 0.6) is 0 Å². The molecule has 6 nitrogen and oxygen atoms in total. The van der Waals surface area contributed by atoms with Gasteiger partial charge >= 0.3 is 0 Å². The molecule has 0 radical (unpaired) electrons. The number of hydrogen-bond donors (Lipinski definition) is 1. The Labute approximate surface area is 132 Å². The van der Waals surface area contributed by atoms with Crippen LogP contribution in [-0.4, -0.2) is 27.0 Å². The third kappa shape index (κ3) is 3.60. The van der Waals surface area contributed by atoms with E-state index in [-0.39, 0.29) is 18.0 Å². The molecular formula is C17H16N4O2. The number of pyridine rings is 1. The van der Waals surface area contributed by atoms with E-state index in [2.05, 4.69) is 15.3 Å². The lowest BCUT2D eigenvalue weighted by atomic mass is 10.2. The van der Waals surface area contributed by atoms with E-state index < -0.39 is 0 Å². The third-order valence-corrected chi connectivity index (χ3v) is 3.53. The maximum atomic E-state index is 12.3. The minimum Gasteiger partial charge on any atom is -0.354 e. The number of para-hydroxylation sites is 1. The lowest BCUT2D eigenvalue weighted by Crippen LogP contribution is -2.33. The number of nitrogens with one attached hydrogen (secondary N) is 1. The van der Waals surface area contributed by atoms with Crippen LogP contribution < -0.4 is 10.9 Å². The molecule has 0 aliphatic rings. The molecule has 0 atom stereocenters. The van der Waals surface area contributed by atoms with Gasteiger partial charge in [-0.3, -0.25) is 19.1 Å². The molecule has 0 saturated heterocycles. The van der Waals surface area contributed by atoms with E-state index >= 15 is 0 Å². The molecule has 0 bridgehead atoms. The molecule has 3 rings (SSSR count). The first-order valence-electron chi connectivity index (χ1n) is 7.34. The third-order valence-electron chi connectivity index (χ3n) is 3.53. The van der Waals surface area contributed by atoms with Gasteiger partial charge in [-0.1, -0.05) is 12.1 Å². The molecule has 1 aromatic carbocycles. The fourth-order valence-corrected chi connectivity index (χ4v) is 2.33. The molecule has 1 amide bonds. The second kappa shape index (κ2) is 6.83. The molecule has 3 aromatic rings. The van der Waals surface area contributed by atoms with Gasteiger partial charge in [-0.2, -0.15) is 0 Å². The zero-order chi connectivity index (χ0) is 16.1. The topological polar surface area (TPSA) is 76.9 Å². The molecule has 23 heavy (non-hydrogen) atoms. The summed E-state index contributed by atoms with van der Waals surface area (Å²) >= 11 is 0. The first-order valence-corrected chi connectivity index (χ1v) is 7.34. The molecule has 1 N–H and O–H groups in total. The highest BCUT2D eigenvalue weighted by molar-refractivity contribution is 5.78. The van der Waals surface area contributed by atoms with E-state index in [4.69, 9.17) is 0 Å². The highest BCUT2D eigenvalue weighted by Crippen LogP contribution is 2.04. The molecule has 6 heteroatoms. The Morgan fingerprint density at radius 2 is 1.91 bits per heavy atom. The van der Waals surface area contributed by atoms with Crippen LogP contribution in [0.3, 0.4) is 0 Å². The van der Waals surface area contributed by atoms with Gasteiger partial charge in [-0.25, -0.2) is 4.98 Å².